The van der Waals surface area contributed by atoms with E-state index >= 15 is 0 Å². The van der Waals surface area contributed by atoms with Gasteiger partial charge in [0.05, 0.1) is 5.52 Å². The summed E-state index contributed by atoms with van der Waals surface area (Å²) in [6.45, 7) is 6.55. The van der Waals surface area contributed by atoms with Gasteiger partial charge in [0.15, 0.2) is 0 Å². The van der Waals surface area contributed by atoms with E-state index in [1.54, 1.807) is 0 Å². The summed E-state index contributed by atoms with van der Waals surface area (Å²) in [5, 5.41) is 1.35. The maximum absolute atomic E-state index is 4.76. The van der Waals surface area contributed by atoms with Crippen molar-refractivity contribution in [1.82, 2.24) is 4.98 Å². The van der Waals surface area contributed by atoms with Gasteiger partial charge in [-0.3, -0.25) is 4.98 Å². The quantitative estimate of drug-likeness (QED) is 0.631. The first-order valence-corrected chi connectivity index (χ1v) is 5.56. The molecule has 15 heavy (non-hydrogen) atoms. The fourth-order valence-corrected chi connectivity index (χ4v) is 2.58. The molecule has 1 heterocycles. The summed E-state index contributed by atoms with van der Waals surface area (Å²) in [7, 11) is 0. The zero-order chi connectivity index (χ0) is 10.6. The summed E-state index contributed by atoms with van der Waals surface area (Å²) in [6.07, 6.45) is 2.39. The molecule has 0 atom stereocenters. The van der Waals surface area contributed by atoms with E-state index in [0.29, 0.717) is 0 Å². The van der Waals surface area contributed by atoms with Gasteiger partial charge in [-0.2, -0.15) is 0 Å². The fourth-order valence-electron chi connectivity index (χ4n) is 2.58. The van der Waals surface area contributed by atoms with Crippen molar-refractivity contribution in [3.05, 3.63) is 40.1 Å². The van der Waals surface area contributed by atoms with Crippen molar-refractivity contribution in [3.8, 4) is 0 Å². The molecule has 0 saturated carbocycles. The smallest absolute Gasteiger partial charge is 0.0737 e. The molecule has 0 radical (unpaired) electrons. The minimum atomic E-state index is 1.17. The lowest BCUT2D eigenvalue weighted by Crippen LogP contribution is -2.14. The van der Waals surface area contributed by atoms with Crippen LogP contribution in [0.15, 0.2) is 12.1 Å². The van der Waals surface area contributed by atoms with Crippen LogP contribution < -0.4 is 0 Å². The van der Waals surface area contributed by atoms with Gasteiger partial charge in [-0.1, -0.05) is 11.6 Å². The summed E-state index contributed by atoms with van der Waals surface area (Å²) < 4.78 is 0. The van der Waals surface area contributed by atoms with E-state index in [1.807, 2.05) is 0 Å². The molecular formula is C14H15N. The number of fused-ring (bicyclic) bond motifs is 2. The van der Waals surface area contributed by atoms with Gasteiger partial charge >= 0.3 is 0 Å². The molecule has 1 aliphatic carbocycles. The number of hydrogen-bond acceptors (Lipinski definition) is 1. The highest BCUT2D eigenvalue weighted by Crippen LogP contribution is 2.31. The van der Waals surface area contributed by atoms with Gasteiger partial charge in [-0.15, -0.1) is 0 Å². The number of aromatic nitrogens is 1. The third-order valence-corrected chi connectivity index (χ3v) is 3.51. The molecule has 0 aliphatic heterocycles. The Balaban J connectivity index is 2.49. The molecular weight excluding hydrogens is 182 g/mol. The second kappa shape index (κ2) is 2.82. The molecule has 2 aromatic rings. The van der Waals surface area contributed by atoms with Crippen molar-refractivity contribution in [1.29, 1.82) is 0 Å². The third kappa shape index (κ3) is 1.12. The van der Waals surface area contributed by atoms with E-state index in [2.05, 4.69) is 32.9 Å². The molecule has 0 bridgehead atoms. The molecule has 0 N–H and O–H groups in total. The average molecular weight is 197 g/mol. The van der Waals surface area contributed by atoms with Crippen molar-refractivity contribution in [3.63, 3.8) is 0 Å². The molecule has 1 aromatic carbocycles. The van der Waals surface area contributed by atoms with Gasteiger partial charge in [-0.05, 0) is 56.4 Å². The molecule has 1 aliphatic rings. The Kier molecular flexibility index (Phi) is 1.67. The van der Waals surface area contributed by atoms with Gasteiger partial charge in [0.2, 0.25) is 0 Å². The lowest BCUT2D eigenvalue weighted by molar-refractivity contribution is 0.789. The molecule has 0 saturated heterocycles. The van der Waals surface area contributed by atoms with Crippen LogP contribution in [-0.4, -0.2) is 4.98 Å². The van der Waals surface area contributed by atoms with Crippen molar-refractivity contribution < 1.29 is 0 Å². The van der Waals surface area contributed by atoms with Crippen LogP contribution in [0.2, 0.25) is 0 Å². The lowest BCUT2D eigenvalue weighted by atomic mass is 9.87. The molecule has 1 heteroatoms. The normalized spacial score (nSPS) is 13.8. The maximum atomic E-state index is 4.76. The Morgan fingerprint density at radius 2 is 1.87 bits per heavy atom. The molecule has 0 amide bonds. The monoisotopic (exact) mass is 197 g/mol. The summed E-state index contributed by atoms with van der Waals surface area (Å²) in [4.78, 5) is 4.76. The predicted molar refractivity (Wildman–Crippen MR) is 63.4 cm³/mol. The van der Waals surface area contributed by atoms with Crippen LogP contribution in [0, 0.1) is 20.8 Å². The SMILES string of the molecule is Cc1cc(C)c2nc3c(c(C)c2c1)CC3. The topological polar surface area (TPSA) is 12.9 Å². The van der Waals surface area contributed by atoms with Gasteiger partial charge in [0, 0.05) is 11.1 Å². The zero-order valence-electron chi connectivity index (χ0n) is 9.52. The van der Waals surface area contributed by atoms with Crippen LogP contribution in [0.1, 0.15) is 27.9 Å². The summed E-state index contributed by atoms with van der Waals surface area (Å²) >= 11 is 0. The first kappa shape index (κ1) is 8.90. The van der Waals surface area contributed by atoms with Crippen LogP contribution in [0.5, 0.6) is 0 Å². The zero-order valence-corrected chi connectivity index (χ0v) is 9.52. The Bertz CT molecular complexity index is 567. The van der Waals surface area contributed by atoms with E-state index in [-0.39, 0.29) is 0 Å². The first-order chi connectivity index (χ1) is 7.16. The number of rotatable bonds is 0. The molecule has 76 valence electrons. The maximum Gasteiger partial charge on any atom is 0.0737 e. The minimum Gasteiger partial charge on any atom is -0.252 e. The van der Waals surface area contributed by atoms with E-state index in [0.717, 1.165) is 0 Å². The highest BCUT2D eigenvalue weighted by Gasteiger charge is 2.19. The third-order valence-electron chi connectivity index (χ3n) is 3.51. The molecule has 3 rings (SSSR count). The fraction of sp³-hybridized carbons (Fsp3) is 0.357. The second-order valence-corrected chi connectivity index (χ2v) is 4.64. The molecule has 0 spiro atoms. The Labute approximate surface area is 90.2 Å². The average Bonchev–Trinajstić information content (AvgIpc) is 2.11. The van der Waals surface area contributed by atoms with Crippen molar-refractivity contribution in [2.45, 2.75) is 33.6 Å². The lowest BCUT2D eigenvalue weighted by Gasteiger charge is -2.22. The van der Waals surface area contributed by atoms with Crippen LogP contribution in [0.25, 0.3) is 10.9 Å². The molecule has 1 aromatic heterocycles. The van der Waals surface area contributed by atoms with Crippen LogP contribution >= 0.6 is 0 Å². The van der Waals surface area contributed by atoms with Crippen molar-refractivity contribution in [2.24, 2.45) is 0 Å². The molecule has 0 unspecified atom stereocenters. The van der Waals surface area contributed by atoms with E-state index in [4.69, 9.17) is 4.98 Å². The number of benzene rings is 1. The summed E-state index contributed by atoms with van der Waals surface area (Å²) in [5.41, 5.74) is 8.12. The summed E-state index contributed by atoms with van der Waals surface area (Å²) in [5.74, 6) is 0. The Morgan fingerprint density at radius 1 is 1.07 bits per heavy atom. The van der Waals surface area contributed by atoms with Crippen LogP contribution in [0.4, 0.5) is 0 Å². The van der Waals surface area contributed by atoms with Crippen LogP contribution in [0.3, 0.4) is 0 Å². The number of aryl methyl sites for hydroxylation is 4. The van der Waals surface area contributed by atoms with Gasteiger partial charge in [0.25, 0.3) is 0 Å². The van der Waals surface area contributed by atoms with E-state index in [1.165, 1.54) is 51.7 Å². The van der Waals surface area contributed by atoms with Gasteiger partial charge < -0.3 is 0 Å². The second-order valence-electron chi connectivity index (χ2n) is 4.64. The Morgan fingerprint density at radius 3 is 2.53 bits per heavy atom. The number of hydrogen-bond donors (Lipinski definition) is 0. The highest BCUT2D eigenvalue weighted by molar-refractivity contribution is 5.87. The largest absolute Gasteiger partial charge is 0.252 e. The van der Waals surface area contributed by atoms with Crippen molar-refractivity contribution >= 4 is 10.9 Å². The minimum absolute atomic E-state index is 1.17. The molecule has 1 nitrogen and oxygen atoms in total. The van der Waals surface area contributed by atoms with Gasteiger partial charge in [0.1, 0.15) is 0 Å². The predicted octanol–water partition coefficient (Wildman–Crippen LogP) is 3.26. The first-order valence-electron chi connectivity index (χ1n) is 5.56. The highest BCUT2D eigenvalue weighted by atomic mass is 14.7. The van der Waals surface area contributed by atoms with Crippen LogP contribution in [-0.2, 0) is 12.8 Å². The molecule has 0 fully saturated rings. The van der Waals surface area contributed by atoms with Crippen molar-refractivity contribution in [2.75, 3.05) is 0 Å². The van der Waals surface area contributed by atoms with Gasteiger partial charge in [-0.25, -0.2) is 0 Å². The van der Waals surface area contributed by atoms with E-state index in [9.17, 15) is 0 Å². The number of pyridine rings is 1. The van der Waals surface area contributed by atoms with E-state index < -0.39 is 0 Å². The summed E-state index contributed by atoms with van der Waals surface area (Å²) in [6, 6.07) is 4.49. The Hall–Kier alpha value is -1.37. The number of nitrogens with zero attached hydrogens (tertiary/aromatic N) is 1. The standard InChI is InChI=1S/C14H15N/c1-8-6-9(2)14-12(7-8)10(3)11-4-5-13(11)15-14/h6-7H,4-5H2,1-3H3.